The summed E-state index contributed by atoms with van der Waals surface area (Å²) < 4.78 is 7.50. The van der Waals surface area contributed by atoms with Crippen molar-refractivity contribution < 1.29 is 9.53 Å². The molecule has 3 aromatic heterocycles. The van der Waals surface area contributed by atoms with Crippen LogP contribution in [-0.2, 0) is 4.79 Å². The van der Waals surface area contributed by atoms with Gasteiger partial charge in [0.1, 0.15) is 17.4 Å². The van der Waals surface area contributed by atoms with Crippen molar-refractivity contribution in [2.45, 2.75) is 51.5 Å². The molecule has 0 aliphatic carbocycles. The van der Waals surface area contributed by atoms with Gasteiger partial charge < -0.3 is 20.0 Å². The number of aromatic nitrogens is 3. The van der Waals surface area contributed by atoms with E-state index in [0.29, 0.717) is 0 Å². The molecule has 0 radical (unpaired) electrons. The molecule has 0 spiro atoms. The van der Waals surface area contributed by atoms with Gasteiger partial charge in [-0.1, -0.05) is 39.0 Å². The van der Waals surface area contributed by atoms with E-state index in [1.54, 1.807) is 13.3 Å². The van der Waals surface area contributed by atoms with Gasteiger partial charge in [0.25, 0.3) is 0 Å². The number of H-pyrrole nitrogens is 1. The Morgan fingerprint density at radius 2 is 2.03 bits per heavy atom. The molecule has 6 nitrogen and oxygen atoms in total. The van der Waals surface area contributed by atoms with E-state index in [1.807, 2.05) is 41.1 Å². The number of benzene rings is 1. The third-order valence-electron chi connectivity index (χ3n) is 5.97. The number of primary amides is 1. The Kier molecular flexibility index (Phi) is 6.26. The van der Waals surface area contributed by atoms with Crippen LogP contribution in [0.5, 0.6) is 5.75 Å². The van der Waals surface area contributed by atoms with Crippen LogP contribution in [0.2, 0.25) is 0 Å². The zero-order chi connectivity index (χ0) is 21.8. The Hall–Kier alpha value is -3.28. The largest absolute Gasteiger partial charge is 0.497 e. The van der Waals surface area contributed by atoms with E-state index in [4.69, 9.17) is 10.5 Å². The number of carbonyl (C=O) groups excluding carboxylic acids is 1. The quantitative estimate of drug-likeness (QED) is 0.330. The lowest BCUT2D eigenvalue weighted by Crippen LogP contribution is -2.26. The van der Waals surface area contributed by atoms with E-state index < -0.39 is 0 Å². The van der Waals surface area contributed by atoms with Crippen molar-refractivity contribution in [1.29, 1.82) is 0 Å². The van der Waals surface area contributed by atoms with Crippen molar-refractivity contribution in [3.05, 3.63) is 48.8 Å². The number of fused-ring (bicyclic) bond motifs is 2. The monoisotopic (exact) mass is 418 g/mol. The van der Waals surface area contributed by atoms with Gasteiger partial charge in [-0.15, -0.1) is 0 Å². The summed E-state index contributed by atoms with van der Waals surface area (Å²) in [5.74, 6) is 0.476. The fourth-order valence-corrected chi connectivity index (χ4v) is 4.30. The molecular formula is C25H30N4O2. The number of nitrogens with zero attached hydrogens (tertiary/aromatic N) is 2. The van der Waals surface area contributed by atoms with Gasteiger partial charge in [0.15, 0.2) is 0 Å². The summed E-state index contributed by atoms with van der Waals surface area (Å²) in [6, 6.07) is 11.6. The Balaban J connectivity index is 1.77. The molecule has 1 amide bonds. The number of nitrogens with two attached hydrogens (primary N) is 1. The van der Waals surface area contributed by atoms with Crippen molar-refractivity contribution in [3.63, 3.8) is 0 Å². The van der Waals surface area contributed by atoms with Gasteiger partial charge >= 0.3 is 0 Å². The maximum Gasteiger partial charge on any atom is 0.240 e. The minimum Gasteiger partial charge on any atom is -0.497 e. The second-order valence-corrected chi connectivity index (χ2v) is 8.08. The predicted molar refractivity (Wildman–Crippen MR) is 125 cm³/mol. The number of amides is 1. The lowest BCUT2D eigenvalue weighted by atomic mass is 10.1. The Bertz CT molecular complexity index is 1160. The van der Waals surface area contributed by atoms with E-state index in [-0.39, 0.29) is 11.9 Å². The summed E-state index contributed by atoms with van der Waals surface area (Å²) in [6.45, 7) is 2.20. The van der Waals surface area contributed by atoms with E-state index in [9.17, 15) is 4.79 Å². The van der Waals surface area contributed by atoms with E-state index in [2.05, 4.69) is 23.0 Å². The number of carbonyl (C=O) groups is 1. The molecule has 0 bridgehead atoms. The van der Waals surface area contributed by atoms with Crippen molar-refractivity contribution in [2.75, 3.05) is 7.11 Å². The third kappa shape index (κ3) is 4.29. The van der Waals surface area contributed by atoms with Crippen LogP contribution in [0.15, 0.2) is 48.8 Å². The van der Waals surface area contributed by atoms with Gasteiger partial charge in [0.2, 0.25) is 5.91 Å². The van der Waals surface area contributed by atoms with Crippen LogP contribution in [0.3, 0.4) is 0 Å². The number of ether oxygens (including phenoxy) is 1. The van der Waals surface area contributed by atoms with Gasteiger partial charge in [-0.25, -0.2) is 4.98 Å². The zero-order valence-electron chi connectivity index (χ0n) is 18.2. The van der Waals surface area contributed by atoms with Crippen LogP contribution < -0.4 is 10.5 Å². The molecule has 31 heavy (non-hydrogen) atoms. The highest BCUT2D eigenvalue weighted by atomic mass is 16.5. The van der Waals surface area contributed by atoms with Crippen molar-refractivity contribution in [3.8, 4) is 17.0 Å². The molecule has 0 aliphatic rings. The summed E-state index contributed by atoms with van der Waals surface area (Å²) in [5.41, 5.74) is 9.63. The van der Waals surface area contributed by atoms with Crippen LogP contribution in [0.4, 0.5) is 0 Å². The first-order chi connectivity index (χ1) is 15.1. The van der Waals surface area contributed by atoms with E-state index >= 15 is 0 Å². The smallest absolute Gasteiger partial charge is 0.240 e. The second-order valence-electron chi connectivity index (χ2n) is 8.08. The fourth-order valence-electron chi connectivity index (χ4n) is 4.30. The highest BCUT2D eigenvalue weighted by molar-refractivity contribution is 5.99. The normalized spacial score (nSPS) is 12.5. The van der Waals surface area contributed by atoms with Gasteiger partial charge in [0.05, 0.1) is 7.11 Å². The number of hydrogen-bond donors (Lipinski definition) is 2. The maximum absolute atomic E-state index is 12.4. The molecule has 0 saturated heterocycles. The fraction of sp³-hybridized carbons (Fsp3) is 0.360. The highest BCUT2D eigenvalue weighted by Crippen LogP contribution is 2.36. The van der Waals surface area contributed by atoms with Gasteiger partial charge in [-0.05, 0) is 42.8 Å². The molecule has 162 valence electrons. The molecule has 3 N–H and O–H groups in total. The molecular weight excluding hydrogens is 388 g/mol. The molecule has 1 unspecified atom stereocenters. The molecule has 0 saturated carbocycles. The second kappa shape index (κ2) is 9.25. The van der Waals surface area contributed by atoms with Crippen LogP contribution in [0.25, 0.3) is 33.2 Å². The summed E-state index contributed by atoms with van der Waals surface area (Å²) in [6.07, 6.45) is 10.3. The standard InChI is InChI=1S/C25H30N4O2/c1-3-4-5-6-7-10-23(24(26)30)29-16-20(19-15-18(31-2)11-12-22(19)29)21-14-17-9-8-13-27-25(17)28-21/h8-9,11-16,23H,3-7,10H2,1-2H3,(H2,26,30)(H,27,28). The molecule has 3 heterocycles. The van der Waals surface area contributed by atoms with Gasteiger partial charge in [-0.2, -0.15) is 0 Å². The molecule has 6 heteroatoms. The number of aromatic amines is 1. The lowest BCUT2D eigenvalue weighted by Gasteiger charge is -2.17. The van der Waals surface area contributed by atoms with E-state index in [0.717, 1.165) is 58.2 Å². The molecule has 4 rings (SSSR count). The summed E-state index contributed by atoms with van der Waals surface area (Å²) in [7, 11) is 1.66. The van der Waals surface area contributed by atoms with Crippen LogP contribution in [0, 0.1) is 0 Å². The zero-order valence-corrected chi connectivity index (χ0v) is 18.2. The SMILES string of the molecule is CCCCCCCC(C(N)=O)n1cc(-c2cc3cccnc3[nH]2)c2cc(OC)ccc21. The Morgan fingerprint density at radius 1 is 1.19 bits per heavy atom. The minimum atomic E-state index is -0.381. The molecule has 1 aromatic carbocycles. The summed E-state index contributed by atoms with van der Waals surface area (Å²) in [5, 5.41) is 2.06. The third-order valence-corrected chi connectivity index (χ3v) is 5.97. The molecule has 0 fully saturated rings. The number of rotatable bonds is 10. The lowest BCUT2D eigenvalue weighted by molar-refractivity contribution is -0.121. The van der Waals surface area contributed by atoms with E-state index in [1.165, 1.54) is 19.3 Å². The van der Waals surface area contributed by atoms with Crippen LogP contribution in [0.1, 0.15) is 51.5 Å². The maximum atomic E-state index is 12.4. The van der Waals surface area contributed by atoms with Gasteiger partial charge in [0, 0.05) is 39.9 Å². The van der Waals surface area contributed by atoms with Crippen LogP contribution >= 0.6 is 0 Å². The average molecular weight is 419 g/mol. The van der Waals surface area contributed by atoms with Gasteiger partial charge in [-0.3, -0.25) is 4.79 Å². The molecule has 1 atom stereocenters. The first-order valence-electron chi connectivity index (χ1n) is 11.0. The number of hydrogen-bond acceptors (Lipinski definition) is 3. The van der Waals surface area contributed by atoms with Crippen molar-refractivity contribution in [2.24, 2.45) is 5.73 Å². The van der Waals surface area contributed by atoms with Crippen LogP contribution in [-0.4, -0.2) is 27.6 Å². The first kappa shape index (κ1) is 21.0. The average Bonchev–Trinajstić information content (AvgIpc) is 3.37. The Labute approximate surface area is 182 Å². The summed E-state index contributed by atoms with van der Waals surface area (Å²) in [4.78, 5) is 20.3. The minimum absolute atomic E-state index is 0.298. The number of pyridine rings is 1. The Morgan fingerprint density at radius 3 is 2.77 bits per heavy atom. The highest BCUT2D eigenvalue weighted by Gasteiger charge is 2.22. The van der Waals surface area contributed by atoms with Crippen molar-refractivity contribution >= 4 is 27.8 Å². The number of unbranched alkanes of at least 4 members (excludes halogenated alkanes) is 4. The summed E-state index contributed by atoms with van der Waals surface area (Å²) >= 11 is 0. The first-order valence-corrected chi connectivity index (χ1v) is 11.0. The molecule has 0 aliphatic heterocycles. The van der Waals surface area contributed by atoms with Crippen molar-refractivity contribution in [1.82, 2.24) is 14.5 Å². The molecule has 4 aromatic rings. The number of nitrogens with one attached hydrogen (secondary N) is 1. The number of methoxy groups -OCH3 is 1. The topological polar surface area (TPSA) is 85.9 Å². The predicted octanol–water partition coefficient (Wildman–Crippen LogP) is 5.58.